The van der Waals surface area contributed by atoms with Crippen LogP contribution in [0.4, 0.5) is 0 Å². The zero-order valence-corrected chi connectivity index (χ0v) is 15.2. The Bertz CT molecular complexity index is 868. The Morgan fingerprint density at radius 1 is 0.741 bits per heavy atom. The Kier molecular flexibility index (Phi) is 3.81. The molecule has 6 rings (SSSR count). The minimum atomic E-state index is -0.857. The maximum absolute atomic E-state index is 13.5. The molecule has 0 aromatic heterocycles. The van der Waals surface area contributed by atoms with Crippen LogP contribution in [-0.2, 0) is 9.59 Å². The van der Waals surface area contributed by atoms with E-state index in [1.165, 1.54) is 0 Å². The molecule has 1 amide bonds. The molecule has 4 aliphatic rings. The van der Waals surface area contributed by atoms with Crippen LogP contribution in [0.5, 0.6) is 0 Å². The molecule has 3 aliphatic carbocycles. The first-order chi connectivity index (χ1) is 13.2. The molecule has 1 saturated heterocycles. The fraction of sp³-hybridized carbons (Fsp3) is 0.391. The van der Waals surface area contributed by atoms with Gasteiger partial charge in [0.1, 0.15) is 0 Å². The Hall–Kier alpha value is -2.62. The van der Waals surface area contributed by atoms with E-state index < -0.39 is 17.8 Å². The minimum absolute atomic E-state index is 0.0288. The first kappa shape index (κ1) is 16.5. The average molecular weight is 361 g/mol. The highest BCUT2D eigenvalue weighted by atomic mass is 16.4. The molecule has 2 bridgehead atoms. The van der Waals surface area contributed by atoms with Crippen LogP contribution >= 0.6 is 0 Å². The van der Waals surface area contributed by atoms with Crippen molar-refractivity contribution in [1.29, 1.82) is 0 Å². The van der Waals surface area contributed by atoms with E-state index in [4.69, 9.17) is 0 Å². The largest absolute Gasteiger partial charge is 0.481 e. The van der Waals surface area contributed by atoms with Gasteiger partial charge in [-0.05, 0) is 41.5 Å². The zero-order chi connectivity index (χ0) is 18.5. The second-order valence-corrected chi connectivity index (χ2v) is 7.99. The van der Waals surface area contributed by atoms with Crippen molar-refractivity contribution in [1.82, 2.24) is 4.90 Å². The maximum atomic E-state index is 13.5. The highest BCUT2D eigenvalue weighted by Gasteiger charge is 2.56. The van der Waals surface area contributed by atoms with E-state index >= 15 is 0 Å². The third-order valence-corrected chi connectivity index (χ3v) is 6.68. The predicted molar refractivity (Wildman–Crippen MR) is 102 cm³/mol. The average Bonchev–Trinajstić information content (AvgIpc) is 2.73. The fourth-order valence-electron chi connectivity index (χ4n) is 5.60. The second kappa shape index (κ2) is 6.22. The molecule has 0 radical (unpaired) electrons. The molecule has 4 heteroatoms. The highest BCUT2D eigenvalue weighted by Crippen LogP contribution is 2.58. The number of likely N-dealkylation sites (tertiary alicyclic amines) is 1. The third kappa shape index (κ3) is 2.35. The number of aliphatic carboxylic acids is 1. The Labute approximate surface area is 158 Å². The molecule has 4 nitrogen and oxygen atoms in total. The summed E-state index contributed by atoms with van der Waals surface area (Å²) in [7, 11) is 0. The summed E-state index contributed by atoms with van der Waals surface area (Å²) in [6, 6.07) is 16.2. The summed E-state index contributed by atoms with van der Waals surface area (Å²) in [6.07, 6.45) is 3.17. The lowest BCUT2D eigenvalue weighted by molar-refractivity contribution is -0.153. The molecule has 2 atom stereocenters. The first-order valence-electron chi connectivity index (χ1n) is 9.87. The van der Waals surface area contributed by atoms with E-state index in [0.29, 0.717) is 0 Å². The molecule has 0 spiro atoms. The summed E-state index contributed by atoms with van der Waals surface area (Å²) in [6.45, 7) is 1.50. The minimum Gasteiger partial charge on any atom is -0.481 e. The fourth-order valence-corrected chi connectivity index (χ4v) is 5.60. The molecule has 2 unspecified atom stereocenters. The molecule has 138 valence electrons. The van der Waals surface area contributed by atoms with Gasteiger partial charge >= 0.3 is 5.97 Å². The molecule has 1 aliphatic heterocycles. The van der Waals surface area contributed by atoms with Crippen LogP contribution in [0.1, 0.15) is 53.4 Å². The number of piperidine rings is 1. The van der Waals surface area contributed by atoms with Crippen molar-refractivity contribution in [2.24, 2.45) is 11.8 Å². The van der Waals surface area contributed by atoms with E-state index in [0.717, 1.165) is 54.6 Å². The monoisotopic (exact) mass is 361 g/mol. The number of hydrogen-bond donors (Lipinski definition) is 1. The van der Waals surface area contributed by atoms with Gasteiger partial charge in [-0.2, -0.15) is 0 Å². The molecule has 2 aromatic carbocycles. The molecular formula is C23H23NO3. The van der Waals surface area contributed by atoms with Gasteiger partial charge in [-0.3, -0.25) is 9.59 Å². The lowest BCUT2D eigenvalue weighted by Gasteiger charge is -2.49. The van der Waals surface area contributed by atoms with Gasteiger partial charge in [-0.1, -0.05) is 48.5 Å². The van der Waals surface area contributed by atoms with Gasteiger partial charge in [-0.25, -0.2) is 0 Å². The lowest BCUT2D eigenvalue weighted by Crippen LogP contribution is -2.52. The van der Waals surface area contributed by atoms with Crippen LogP contribution in [0.15, 0.2) is 48.5 Å². The van der Waals surface area contributed by atoms with Crippen LogP contribution in [0.2, 0.25) is 0 Å². The van der Waals surface area contributed by atoms with E-state index in [9.17, 15) is 14.7 Å². The number of hydrogen-bond acceptors (Lipinski definition) is 2. The Morgan fingerprint density at radius 2 is 1.19 bits per heavy atom. The Balaban J connectivity index is 1.69. The summed E-state index contributed by atoms with van der Waals surface area (Å²) >= 11 is 0. The summed E-state index contributed by atoms with van der Waals surface area (Å²) in [5.74, 6) is -2.47. The molecule has 1 N–H and O–H groups in total. The van der Waals surface area contributed by atoms with Gasteiger partial charge in [-0.15, -0.1) is 0 Å². The van der Waals surface area contributed by atoms with Crippen molar-refractivity contribution in [3.63, 3.8) is 0 Å². The van der Waals surface area contributed by atoms with Gasteiger partial charge in [0.05, 0.1) is 11.8 Å². The SMILES string of the molecule is O=C(O)C1C2c3ccccc3C(c3ccccc32)C1C(=O)N1CCCCC1. The summed E-state index contributed by atoms with van der Waals surface area (Å²) < 4.78 is 0. The number of benzene rings is 2. The summed E-state index contributed by atoms with van der Waals surface area (Å²) in [5.41, 5.74) is 4.43. The number of carboxylic acid groups (broad SMARTS) is 1. The smallest absolute Gasteiger partial charge is 0.308 e. The molecule has 0 saturated carbocycles. The number of carboxylic acids is 1. The number of fused-ring (bicyclic) bond motifs is 1. The molecule has 1 fully saturated rings. The van der Waals surface area contributed by atoms with Crippen molar-refractivity contribution in [3.8, 4) is 0 Å². The van der Waals surface area contributed by atoms with Crippen LogP contribution in [0.3, 0.4) is 0 Å². The van der Waals surface area contributed by atoms with Crippen molar-refractivity contribution < 1.29 is 14.7 Å². The topological polar surface area (TPSA) is 57.6 Å². The van der Waals surface area contributed by atoms with Crippen LogP contribution < -0.4 is 0 Å². The van der Waals surface area contributed by atoms with Gasteiger partial charge in [0.2, 0.25) is 5.91 Å². The maximum Gasteiger partial charge on any atom is 0.308 e. The second-order valence-electron chi connectivity index (χ2n) is 7.99. The molecular weight excluding hydrogens is 338 g/mol. The summed E-state index contributed by atoms with van der Waals surface area (Å²) in [5, 5.41) is 10.2. The van der Waals surface area contributed by atoms with Crippen LogP contribution in [-0.4, -0.2) is 35.0 Å². The standard InChI is InChI=1S/C23H23NO3/c25-22(24-12-6-1-7-13-24)20-18-14-8-2-4-10-16(14)19(21(20)23(26)27)17-11-5-3-9-15(17)18/h2-5,8-11,18-21H,1,6-7,12-13H2,(H,26,27). The number of nitrogens with zero attached hydrogens (tertiary/aromatic N) is 1. The lowest BCUT2D eigenvalue weighted by atomic mass is 9.54. The number of carbonyl (C=O) groups is 2. The van der Waals surface area contributed by atoms with Gasteiger partial charge in [0.15, 0.2) is 0 Å². The van der Waals surface area contributed by atoms with E-state index in [1.54, 1.807) is 0 Å². The first-order valence-corrected chi connectivity index (χ1v) is 9.87. The van der Waals surface area contributed by atoms with Gasteiger partial charge in [0.25, 0.3) is 0 Å². The normalized spacial score (nSPS) is 28.4. The Morgan fingerprint density at radius 3 is 1.63 bits per heavy atom. The van der Waals surface area contributed by atoms with Crippen molar-refractivity contribution in [3.05, 3.63) is 70.8 Å². The van der Waals surface area contributed by atoms with E-state index in [-0.39, 0.29) is 17.7 Å². The highest BCUT2D eigenvalue weighted by molar-refractivity contribution is 5.90. The van der Waals surface area contributed by atoms with Gasteiger partial charge in [0, 0.05) is 24.9 Å². The number of rotatable bonds is 2. The van der Waals surface area contributed by atoms with E-state index in [1.807, 2.05) is 41.3 Å². The molecule has 1 heterocycles. The third-order valence-electron chi connectivity index (χ3n) is 6.68. The zero-order valence-electron chi connectivity index (χ0n) is 15.2. The summed E-state index contributed by atoms with van der Waals surface area (Å²) in [4.78, 5) is 27.8. The van der Waals surface area contributed by atoms with Gasteiger partial charge < -0.3 is 10.0 Å². The van der Waals surface area contributed by atoms with Crippen molar-refractivity contribution in [2.45, 2.75) is 31.1 Å². The number of carbonyl (C=O) groups excluding carboxylic acids is 1. The quantitative estimate of drug-likeness (QED) is 0.889. The number of amides is 1. The van der Waals surface area contributed by atoms with Crippen molar-refractivity contribution in [2.75, 3.05) is 13.1 Å². The molecule has 2 aromatic rings. The molecule has 27 heavy (non-hydrogen) atoms. The van der Waals surface area contributed by atoms with E-state index in [2.05, 4.69) is 12.1 Å². The van der Waals surface area contributed by atoms with Crippen LogP contribution in [0.25, 0.3) is 0 Å². The van der Waals surface area contributed by atoms with Crippen molar-refractivity contribution >= 4 is 11.9 Å². The predicted octanol–water partition coefficient (Wildman–Crippen LogP) is 3.61. The van der Waals surface area contributed by atoms with Crippen LogP contribution in [0, 0.1) is 11.8 Å².